The second kappa shape index (κ2) is 5.25. The third kappa shape index (κ3) is 3.10. The lowest BCUT2D eigenvalue weighted by atomic mass is 9.98. The third-order valence-corrected chi connectivity index (χ3v) is 3.53. The summed E-state index contributed by atoms with van der Waals surface area (Å²) in [6.07, 6.45) is 1.61. The van der Waals surface area contributed by atoms with E-state index >= 15 is 0 Å². The highest BCUT2D eigenvalue weighted by atomic mass is 19.1. The van der Waals surface area contributed by atoms with Crippen LogP contribution in [0.3, 0.4) is 0 Å². The fourth-order valence-corrected chi connectivity index (χ4v) is 2.33. The smallest absolute Gasteiger partial charge is 0.259 e. The second-order valence-corrected chi connectivity index (χ2v) is 5.24. The molecule has 0 aliphatic carbocycles. The van der Waals surface area contributed by atoms with E-state index in [-0.39, 0.29) is 0 Å². The van der Waals surface area contributed by atoms with Gasteiger partial charge in [0.25, 0.3) is 5.91 Å². The van der Waals surface area contributed by atoms with Crippen molar-refractivity contribution in [2.45, 2.75) is 31.8 Å². The average Bonchev–Trinajstić information content (AvgIpc) is 2.50. The summed E-state index contributed by atoms with van der Waals surface area (Å²) < 4.78 is 27.1. The predicted molar refractivity (Wildman–Crippen MR) is 66.7 cm³/mol. The molecule has 104 valence electrons. The maximum Gasteiger partial charge on any atom is 0.259 e. The molecule has 1 saturated heterocycles. The molecule has 1 heterocycles. The molecule has 0 saturated carbocycles. The van der Waals surface area contributed by atoms with Crippen LogP contribution in [0.5, 0.6) is 0 Å². The Morgan fingerprint density at radius 1 is 1.26 bits per heavy atom. The van der Waals surface area contributed by atoms with Crippen LogP contribution in [-0.2, 0) is 0 Å². The number of aliphatic hydroxyl groups is 1. The molecule has 1 aromatic rings. The molecule has 19 heavy (non-hydrogen) atoms. The minimum atomic E-state index is -0.846. The maximum absolute atomic E-state index is 13.6. The molecule has 1 N–H and O–H groups in total. The molecule has 0 spiro atoms. The molecule has 0 aromatic heterocycles. The number of hydrogen-bond acceptors (Lipinski definition) is 2. The van der Waals surface area contributed by atoms with Gasteiger partial charge in [-0.3, -0.25) is 4.79 Å². The summed E-state index contributed by atoms with van der Waals surface area (Å²) in [5.74, 6) is -2.34. The van der Waals surface area contributed by atoms with E-state index in [1.165, 1.54) is 11.0 Å². The molecule has 1 amide bonds. The van der Waals surface area contributed by atoms with Crippen LogP contribution in [-0.4, -0.2) is 34.6 Å². The number of carbonyl (C=O) groups excluding carboxylic acids is 1. The first-order valence-electron chi connectivity index (χ1n) is 6.36. The Morgan fingerprint density at radius 2 is 1.89 bits per heavy atom. The summed E-state index contributed by atoms with van der Waals surface area (Å²) in [4.78, 5) is 13.6. The van der Waals surface area contributed by atoms with Gasteiger partial charge in [-0.25, -0.2) is 8.78 Å². The summed E-state index contributed by atoms with van der Waals surface area (Å²) in [5.41, 5.74) is -1.33. The van der Waals surface area contributed by atoms with Crippen molar-refractivity contribution in [1.29, 1.82) is 0 Å². The Morgan fingerprint density at radius 3 is 2.53 bits per heavy atom. The highest BCUT2D eigenvalue weighted by molar-refractivity contribution is 5.94. The summed E-state index contributed by atoms with van der Waals surface area (Å²) in [7, 11) is 0. The molecule has 1 aliphatic heterocycles. The van der Waals surface area contributed by atoms with Gasteiger partial charge in [-0.2, -0.15) is 0 Å². The van der Waals surface area contributed by atoms with Crippen LogP contribution in [0.25, 0.3) is 0 Å². The number of nitrogens with zero attached hydrogens (tertiary/aromatic N) is 1. The first kappa shape index (κ1) is 13.9. The van der Waals surface area contributed by atoms with Gasteiger partial charge in [0.1, 0.15) is 17.2 Å². The van der Waals surface area contributed by atoms with Gasteiger partial charge >= 0.3 is 0 Å². The predicted octanol–water partition coefficient (Wildman–Crippen LogP) is 2.34. The first-order valence-corrected chi connectivity index (χ1v) is 6.36. The van der Waals surface area contributed by atoms with Crippen LogP contribution in [0, 0.1) is 11.6 Å². The highest BCUT2D eigenvalue weighted by Gasteiger charge is 2.29. The van der Waals surface area contributed by atoms with E-state index in [1.807, 2.05) is 0 Å². The lowest BCUT2D eigenvalue weighted by Gasteiger charge is -2.23. The van der Waals surface area contributed by atoms with Crippen LogP contribution in [0.1, 0.15) is 36.5 Å². The maximum atomic E-state index is 13.6. The molecule has 0 bridgehead atoms. The Kier molecular flexibility index (Phi) is 3.85. The topological polar surface area (TPSA) is 40.5 Å². The molecule has 1 fully saturated rings. The van der Waals surface area contributed by atoms with Gasteiger partial charge in [-0.05, 0) is 38.3 Å². The lowest BCUT2D eigenvalue weighted by Crippen LogP contribution is -2.34. The molecule has 2 rings (SSSR count). The summed E-state index contributed by atoms with van der Waals surface area (Å²) >= 11 is 0. The highest BCUT2D eigenvalue weighted by Crippen LogP contribution is 2.23. The number of carbonyl (C=O) groups is 1. The van der Waals surface area contributed by atoms with Crippen molar-refractivity contribution in [3.8, 4) is 0 Å². The Bertz CT molecular complexity index is 468. The van der Waals surface area contributed by atoms with Crippen LogP contribution in [0.15, 0.2) is 18.2 Å². The fraction of sp³-hybridized carbons (Fsp3) is 0.500. The number of hydrogen-bond donors (Lipinski definition) is 1. The zero-order chi connectivity index (χ0) is 14.0. The summed E-state index contributed by atoms with van der Waals surface area (Å²) in [5, 5.41) is 9.95. The molecule has 1 unspecified atom stereocenters. The first-order chi connectivity index (χ1) is 8.91. The van der Waals surface area contributed by atoms with Crippen molar-refractivity contribution >= 4 is 5.91 Å². The number of halogens is 2. The van der Waals surface area contributed by atoms with Gasteiger partial charge in [0, 0.05) is 13.1 Å². The Labute approximate surface area is 110 Å². The number of rotatable bonds is 1. The van der Waals surface area contributed by atoms with Crippen molar-refractivity contribution in [2.75, 3.05) is 13.1 Å². The monoisotopic (exact) mass is 269 g/mol. The van der Waals surface area contributed by atoms with E-state index in [0.717, 1.165) is 12.1 Å². The normalized spacial score (nSPS) is 24.1. The molecular formula is C14H17F2NO2. The zero-order valence-electron chi connectivity index (χ0n) is 10.8. The van der Waals surface area contributed by atoms with Crippen molar-refractivity contribution in [1.82, 2.24) is 4.90 Å². The van der Waals surface area contributed by atoms with Crippen molar-refractivity contribution in [3.63, 3.8) is 0 Å². The van der Waals surface area contributed by atoms with Gasteiger partial charge in [0.15, 0.2) is 0 Å². The summed E-state index contributed by atoms with van der Waals surface area (Å²) in [6.45, 7) is 2.42. The average molecular weight is 269 g/mol. The molecule has 5 heteroatoms. The van der Waals surface area contributed by atoms with Crippen LogP contribution < -0.4 is 0 Å². The van der Waals surface area contributed by atoms with Gasteiger partial charge in [-0.1, -0.05) is 6.07 Å². The Balaban J connectivity index is 2.20. The van der Waals surface area contributed by atoms with Crippen LogP contribution in [0.4, 0.5) is 8.78 Å². The van der Waals surface area contributed by atoms with E-state index in [2.05, 4.69) is 0 Å². The molecule has 1 aromatic carbocycles. The van der Waals surface area contributed by atoms with Crippen LogP contribution in [0.2, 0.25) is 0 Å². The Hall–Kier alpha value is -1.49. The van der Waals surface area contributed by atoms with Gasteiger partial charge in [-0.15, -0.1) is 0 Å². The number of benzene rings is 1. The minimum Gasteiger partial charge on any atom is -0.390 e. The van der Waals surface area contributed by atoms with Crippen molar-refractivity contribution in [2.24, 2.45) is 0 Å². The lowest BCUT2D eigenvalue weighted by molar-refractivity contribution is 0.0437. The quantitative estimate of drug-likeness (QED) is 0.850. The van der Waals surface area contributed by atoms with E-state index in [1.54, 1.807) is 6.92 Å². The van der Waals surface area contributed by atoms with Crippen molar-refractivity contribution < 1.29 is 18.7 Å². The van der Waals surface area contributed by atoms with E-state index in [4.69, 9.17) is 0 Å². The van der Waals surface area contributed by atoms with E-state index in [0.29, 0.717) is 32.4 Å². The number of likely N-dealkylation sites (tertiary alicyclic amines) is 1. The fourth-order valence-electron chi connectivity index (χ4n) is 2.33. The second-order valence-electron chi connectivity index (χ2n) is 5.24. The minimum absolute atomic E-state index is 0.305. The molecule has 1 atom stereocenters. The number of amides is 1. The van der Waals surface area contributed by atoms with Gasteiger partial charge in [0.2, 0.25) is 0 Å². The molecule has 3 nitrogen and oxygen atoms in total. The zero-order valence-corrected chi connectivity index (χ0v) is 10.8. The van der Waals surface area contributed by atoms with Crippen LogP contribution >= 0.6 is 0 Å². The SMILES string of the molecule is CC1(O)CCCN(C(=O)c2c(F)cccc2F)CC1. The molecular weight excluding hydrogens is 252 g/mol. The van der Waals surface area contributed by atoms with E-state index in [9.17, 15) is 18.7 Å². The third-order valence-electron chi connectivity index (χ3n) is 3.53. The summed E-state index contributed by atoms with van der Waals surface area (Å²) in [6, 6.07) is 3.38. The van der Waals surface area contributed by atoms with Gasteiger partial charge < -0.3 is 10.0 Å². The molecule has 1 aliphatic rings. The van der Waals surface area contributed by atoms with Crippen molar-refractivity contribution in [3.05, 3.63) is 35.4 Å². The molecule has 0 radical (unpaired) electrons. The largest absolute Gasteiger partial charge is 0.390 e. The van der Waals surface area contributed by atoms with E-state index < -0.39 is 28.7 Å². The van der Waals surface area contributed by atoms with Gasteiger partial charge in [0.05, 0.1) is 5.60 Å². The standard InChI is InChI=1S/C14H17F2NO2/c1-14(19)6-3-8-17(9-7-14)13(18)12-10(15)4-2-5-11(12)16/h2,4-5,19H,3,6-9H2,1H3.